The van der Waals surface area contributed by atoms with Crippen molar-refractivity contribution in [1.29, 1.82) is 0 Å². The van der Waals surface area contributed by atoms with Crippen LogP contribution in [0, 0.1) is 11.8 Å². The van der Waals surface area contributed by atoms with Crippen LogP contribution in [0.1, 0.15) is 80.6 Å². The van der Waals surface area contributed by atoms with E-state index >= 15 is 0 Å². The maximum absolute atomic E-state index is 12.9. The van der Waals surface area contributed by atoms with Gasteiger partial charge in [-0.15, -0.1) is 0 Å². The number of carbonyl (C=O) groups is 2. The fourth-order valence-corrected chi connectivity index (χ4v) is 5.92. The van der Waals surface area contributed by atoms with Crippen LogP contribution < -0.4 is 5.73 Å². The summed E-state index contributed by atoms with van der Waals surface area (Å²) in [6.45, 7) is 5.96. The molecule has 2 amide bonds. The van der Waals surface area contributed by atoms with Crippen LogP contribution in [0.3, 0.4) is 0 Å². The van der Waals surface area contributed by atoms with Crippen LogP contribution in [0.15, 0.2) is 24.3 Å². The summed E-state index contributed by atoms with van der Waals surface area (Å²) < 4.78 is 0. The molecule has 2 bridgehead atoms. The van der Waals surface area contributed by atoms with Gasteiger partial charge in [0.15, 0.2) is 0 Å². The third-order valence-electron chi connectivity index (χ3n) is 8.11. The lowest BCUT2D eigenvalue weighted by Gasteiger charge is -2.40. The summed E-state index contributed by atoms with van der Waals surface area (Å²) in [5, 5.41) is 19.1. The Morgan fingerprint density at radius 3 is 2.32 bits per heavy atom. The van der Waals surface area contributed by atoms with E-state index in [1.165, 1.54) is 18.4 Å². The quantitative estimate of drug-likeness (QED) is 0.408. The second-order valence-corrected chi connectivity index (χ2v) is 10.2. The molecule has 1 aromatic carbocycles. The predicted molar refractivity (Wildman–Crippen MR) is 133 cm³/mol. The number of benzene rings is 1. The molecule has 1 aromatic rings. The second-order valence-electron chi connectivity index (χ2n) is 10.2. The van der Waals surface area contributed by atoms with Crippen molar-refractivity contribution in [2.45, 2.75) is 76.8 Å². The van der Waals surface area contributed by atoms with Gasteiger partial charge in [-0.3, -0.25) is 14.5 Å². The van der Waals surface area contributed by atoms with Crippen molar-refractivity contribution >= 4 is 11.8 Å². The monoisotopic (exact) mass is 473 g/mol. The number of fused-ring (bicyclic) bond motifs is 2. The molecule has 3 rings (SSSR count). The van der Waals surface area contributed by atoms with Gasteiger partial charge in [-0.2, -0.15) is 0 Å². The molecule has 7 heteroatoms. The molecular formula is C27H43N3O4. The molecule has 2 fully saturated rings. The summed E-state index contributed by atoms with van der Waals surface area (Å²) in [4.78, 5) is 29.0. The lowest BCUT2D eigenvalue weighted by Crippen LogP contribution is -2.45. The summed E-state index contributed by atoms with van der Waals surface area (Å²) in [6, 6.07) is 8.86. The standard InChI is InChI=1S/C27H43N3O4/c1-3-19(4-2)16-29(27(34)23(17-31)18-32)11-6-12-30-24-9-10-25(30)15-22(14-24)20-7-5-8-21(13-20)26(28)33/h5,7-8,13,19,22-25,31-32H,3-4,6,9-12,14-18H2,1-2H3,(H2,28,33)/t22-,24+,25-. The molecule has 0 spiro atoms. The van der Waals surface area contributed by atoms with E-state index in [-0.39, 0.29) is 25.0 Å². The molecule has 0 radical (unpaired) electrons. The summed E-state index contributed by atoms with van der Waals surface area (Å²) in [5.74, 6) is -0.342. The minimum Gasteiger partial charge on any atom is -0.395 e. The van der Waals surface area contributed by atoms with E-state index in [0.717, 1.165) is 38.6 Å². The summed E-state index contributed by atoms with van der Waals surface area (Å²) in [7, 11) is 0. The fourth-order valence-electron chi connectivity index (χ4n) is 5.92. The van der Waals surface area contributed by atoms with Gasteiger partial charge in [0.1, 0.15) is 0 Å². The maximum atomic E-state index is 12.9. The van der Waals surface area contributed by atoms with Gasteiger partial charge in [0.2, 0.25) is 11.8 Å². The smallest absolute Gasteiger partial charge is 0.248 e. The van der Waals surface area contributed by atoms with Crippen LogP contribution in [-0.2, 0) is 4.79 Å². The second kappa shape index (κ2) is 12.7. The van der Waals surface area contributed by atoms with Crippen molar-refractivity contribution in [3.8, 4) is 0 Å². The molecule has 3 atom stereocenters. The number of aliphatic hydroxyl groups excluding tert-OH is 2. The topological polar surface area (TPSA) is 107 Å². The Hall–Kier alpha value is -1.96. The lowest BCUT2D eigenvalue weighted by atomic mass is 9.84. The fraction of sp³-hybridized carbons (Fsp3) is 0.704. The minimum atomic E-state index is -0.725. The van der Waals surface area contributed by atoms with Crippen LogP contribution in [0.5, 0.6) is 0 Å². The molecule has 190 valence electrons. The van der Waals surface area contributed by atoms with Gasteiger partial charge >= 0.3 is 0 Å². The van der Waals surface area contributed by atoms with E-state index in [9.17, 15) is 19.8 Å². The molecule has 34 heavy (non-hydrogen) atoms. The molecule has 0 aliphatic carbocycles. The zero-order valence-electron chi connectivity index (χ0n) is 20.9. The number of carbonyl (C=O) groups excluding carboxylic acids is 2. The summed E-state index contributed by atoms with van der Waals surface area (Å²) >= 11 is 0. The first-order valence-corrected chi connectivity index (χ1v) is 13.1. The van der Waals surface area contributed by atoms with E-state index in [0.29, 0.717) is 42.6 Å². The van der Waals surface area contributed by atoms with Crippen LogP contribution in [0.2, 0.25) is 0 Å². The van der Waals surface area contributed by atoms with E-state index in [2.05, 4.69) is 24.8 Å². The van der Waals surface area contributed by atoms with Gasteiger partial charge in [0.05, 0.1) is 19.1 Å². The van der Waals surface area contributed by atoms with Crippen molar-refractivity contribution in [2.75, 3.05) is 32.8 Å². The molecule has 2 aliphatic heterocycles. The van der Waals surface area contributed by atoms with Crippen LogP contribution >= 0.6 is 0 Å². The average molecular weight is 474 g/mol. The molecule has 0 aromatic heterocycles. The van der Waals surface area contributed by atoms with E-state index in [1.54, 1.807) is 6.07 Å². The first-order valence-electron chi connectivity index (χ1n) is 13.1. The molecule has 2 aliphatic rings. The Labute approximate surface area is 204 Å². The Kier molecular flexibility index (Phi) is 9.92. The summed E-state index contributed by atoms with van der Waals surface area (Å²) in [6.07, 6.45) is 7.49. The average Bonchev–Trinajstić information content (AvgIpc) is 3.08. The molecule has 2 heterocycles. The van der Waals surface area contributed by atoms with E-state index in [4.69, 9.17) is 5.73 Å². The van der Waals surface area contributed by atoms with Crippen molar-refractivity contribution in [1.82, 2.24) is 9.80 Å². The highest BCUT2D eigenvalue weighted by molar-refractivity contribution is 5.92. The highest BCUT2D eigenvalue weighted by Gasteiger charge is 2.40. The highest BCUT2D eigenvalue weighted by atomic mass is 16.3. The summed E-state index contributed by atoms with van der Waals surface area (Å²) in [5.41, 5.74) is 7.28. The molecular weight excluding hydrogens is 430 g/mol. The van der Waals surface area contributed by atoms with Crippen molar-refractivity contribution in [2.24, 2.45) is 17.6 Å². The zero-order valence-corrected chi connectivity index (χ0v) is 20.9. The molecule has 7 nitrogen and oxygen atoms in total. The number of piperidine rings is 1. The number of primary amides is 1. The third-order valence-corrected chi connectivity index (χ3v) is 8.11. The number of rotatable bonds is 13. The maximum Gasteiger partial charge on any atom is 0.248 e. The lowest BCUT2D eigenvalue weighted by molar-refractivity contribution is -0.139. The van der Waals surface area contributed by atoms with Gasteiger partial charge in [-0.05, 0) is 61.6 Å². The van der Waals surface area contributed by atoms with Crippen molar-refractivity contribution in [3.63, 3.8) is 0 Å². The molecule has 4 N–H and O–H groups in total. The highest BCUT2D eigenvalue weighted by Crippen LogP contribution is 2.43. The Bertz CT molecular complexity index is 795. The zero-order chi connectivity index (χ0) is 24.7. The van der Waals surface area contributed by atoms with E-state index < -0.39 is 5.92 Å². The normalized spacial score (nSPS) is 22.5. The number of nitrogens with two attached hydrogens (primary N) is 1. The number of nitrogens with zero attached hydrogens (tertiary/aromatic N) is 2. The number of aliphatic hydroxyl groups is 2. The van der Waals surface area contributed by atoms with Crippen LogP contribution in [-0.4, -0.2) is 76.8 Å². The minimum absolute atomic E-state index is 0.132. The number of hydrogen-bond acceptors (Lipinski definition) is 5. The van der Waals surface area contributed by atoms with Crippen molar-refractivity contribution < 1.29 is 19.8 Å². The van der Waals surface area contributed by atoms with Gasteiger partial charge in [0, 0.05) is 37.3 Å². The molecule has 0 unspecified atom stereocenters. The Morgan fingerprint density at radius 2 is 1.76 bits per heavy atom. The van der Waals surface area contributed by atoms with Gasteiger partial charge in [0.25, 0.3) is 0 Å². The van der Waals surface area contributed by atoms with Crippen LogP contribution in [0.25, 0.3) is 0 Å². The van der Waals surface area contributed by atoms with Gasteiger partial charge < -0.3 is 20.8 Å². The number of amides is 2. The SMILES string of the molecule is CCC(CC)CN(CCCN1[C@@H]2CC[C@H]1C[C@@H](c1cccc(C(N)=O)c1)C2)C(=O)C(CO)CO. The molecule has 0 saturated carbocycles. The largest absolute Gasteiger partial charge is 0.395 e. The Balaban J connectivity index is 1.59. The van der Waals surface area contributed by atoms with Crippen molar-refractivity contribution in [3.05, 3.63) is 35.4 Å². The van der Waals surface area contributed by atoms with Gasteiger partial charge in [-0.25, -0.2) is 0 Å². The molecule has 2 saturated heterocycles. The first-order chi connectivity index (χ1) is 16.4. The Morgan fingerprint density at radius 1 is 1.12 bits per heavy atom. The van der Waals surface area contributed by atoms with Crippen LogP contribution in [0.4, 0.5) is 0 Å². The predicted octanol–water partition coefficient (Wildman–Crippen LogP) is 2.75. The first kappa shape index (κ1) is 26.6. The van der Waals surface area contributed by atoms with E-state index in [1.807, 2.05) is 17.0 Å². The third kappa shape index (κ3) is 6.37. The van der Waals surface area contributed by atoms with Gasteiger partial charge in [-0.1, -0.05) is 38.8 Å². The number of hydrogen-bond donors (Lipinski definition) is 3.